The van der Waals surface area contributed by atoms with Crippen molar-refractivity contribution in [1.29, 1.82) is 0 Å². The zero-order chi connectivity index (χ0) is 13.9. The van der Waals surface area contributed by atoms with Crippen LogP contribution < -0.4 is 10.5 Å². The van der Waals surface area contributed by atoms with Gasteiger partial charge in [-0.2, -0.15) is 0 Å². The van der Waals surface area contributed by atoms with E-state index in [2.05, 4.69) is 45.0 Å². The number of benzene rings is 1. The molecule has 2 rings (SSSR count). The molecule has 2 heteroatoms. The summed E-state index contributed by atoms with van der Waals surface area (Å²) < 4.78 is 6.23. The molecule has 0 radical (unpaired) electrons. The average molecular weight is 261 g/mol. The van der Waals surface area contributed by atoms with Gasteiger partial charge in [0, 0.05) is 6.54 Å². The third-order valence-corrected chi connectivity index (χ3v) is 4.19. The van der Waals surface area contributed by atoms with Gasteiger partial charge in [-0.3, -0.25) is 0 Å². The van der Waals surface area contributed by atoms with Crippen molar-refractivity contribution in [3.8, 4) is 5.75 Å². The quantitative estimate of drug-likeness (QED) is 0.891. The van der Waals surface area contributed by atoms with Crippen molar-refractivity contribution in [3.63, 3.8) is 0 Å². The Kier molecular flexibility index (Phi) is 4.19. The first-order valence-electron chi connectivity index (χ1n) is 7.45. The van der Waals surface area contributed by atoms with Gasteiger partial charge < -0.3 is 10.5 Å². The predicted molar refractivity (Wildman–Crippen MR) is 80.6 cm³/mol. The molecule has 1 fully saturated rings. The number of rotatable bonds is 3. The van der Waals surface area contributed by atoms with Gasteiger partial charge in [0.1, 0.15) is 11.4 Å². The first-order valence-corrected chi connectivity index (χ1v) is 7.45. The number of hydrogen-bond acceptors (Lipinski definition) is 2. The first kappa shape index (κ1) is 14.4. The minimum atomic E-state index is -0.124. The maximum atomic E-state index is 6.23. The second kappa shape index (κ2) is 5.54. The summed E-state index contributed by atoms with van der Waals surface area (Å²) in [5, 5.41) is 0. The molecule has 2 N–H and O–H groups in total. The van der Waals surface area contributed by atoms with Crippen LogP contribution in [0.4, 0.5) is 0 Å². The van der Waals surface area contributed by atoms with Gasteiger partial charge in [0.25, 0.3) is 0 Å². The topological polar surface area (TPSA) is 35.2 Å². The summed E-state index contributed by atoms with van der Waals surface area (Å²) in [4.78, 5) is 0. The van der Waals surface area contributed by atoms with Crippen molar-refractivity contribution in [3.05, 3.63) is 29.8 Å². The molecule has 1 saturated carbocycles. The largest absolute Gasteiger partial charge is 0.486 e. The molecular formula is C17H27NO. The molecule has 0 atom stereocenters. The number of hydrogen-bond donors (Lipinski definition) is 1. The van der Waals surface area contributed by atoms with Gasteiger partial charge in [-0.1, -0.05) is 39.3 Å². The molecule has 1 aliphatic carbocycles. The smallest absolute Gasteiger partial charge is 0.121 e. The Labute approximate surface area is 117 Å². The fourth-order valence-corrected chi connectivity index (χ4v) is 2.82. The van der Waals surface area contributed by atoms with Gasteiger partial charge in [-0.05, 0) is 48.8 Å². The van der Waals surface area contributed by atoms with Crippen LogP contribution in [0.25, 0.3) is 0 Å². The van der Waals surface area contributed by atoms with Gasteiger partial charge in [0.05, 0.1) is 0 Å². The Morgan fingerprint density at radius 1 is 1.05 bits per heavy atom. The van der Waals surface area contributed by atoms with Crippen molar-refractivity contribution in [2.75, 3.05) is 6.54 Å². The van der Waals surface area contributed by atoms with Crippen molar-refractivity contribution >= 4 is 0 Å². The van der Waals surface area contributed by atoms with E-state index in [1.54, 1.807) is 0 Å². The van der Waals surface area contributed by atoms with Crippen LogP contribution in [0.1, 0.15) is 58.4 Å². The minimum Gasteiger partial charge on any atom is -0.486 e. The van der Waals surface area contributed by atoms with Crippen LogP contribution in [0.5, 0.6) is 5.75 Å². The molecule has 19 heavy (non-hydrogen) atoms. The van der Waals surface area contributed by atoms with E-state index in [0.29, 0.717) is 6.54 Å². The molecule has 1 aliphatic rings. The zero-order valence-corrected chi connectivity index (χ0v) is 12.5. The normalized spacial score (nSPS) is 19.2. The van der Waals surface area contributed by atoms with Crippen LogP contribution in [0.2, 0.25) is 0 Å². The SMILES string of the molecule is CC(C)(C)c1ccc(OC2(CN)CCCCC2)cc1. The van der Waals surface area contributed by atoms with E-state index >= 15 is 0 Å². The number of ether oxygens (including phenoxy) is 1. The summed E-state index contributed by atoms with van der Waals surface area (Å²) in [6.45, 7) is 7.30. The third-order valence-electron chi connectivity index (χ3n) is 4.19. The Morgan fingerprint density at radius 2 is 1.63 bits per heavy atom. The average Bonchev–Trinajstić information content (AvgIpc) is 2.39. The van der Waals surface area contributed by atoms with Crippen LogP contribution in [-0.2, 0) is 5.41 Å². The van der Waals surface area contributed by atoms with Gasteiger partial charge in [-0.15, -0.1) is 0 Å². The third kappa shape index (κ3) is 3.50. The van der Waals surface area contributed by atoms with Crippen LogP contribution >= 0.6 is 0 Å². The molecule has 0 aliphatic heterocycles. The highest BCUT2D eigenvalue weighted by atomic mass is 16.5. The molecular weight excluding hydrogens is 234 g/mol. The molecule has 1 aromatic rings. The summed E-state index contributed by atoms with van der Waals surface area (Å²) in [7, 11) is 0. The summed E-state index contributed by atoms with van der Waals surface area (Å²) in [5.74, 6) is 0.959. The highest BCUT2D eigenvalue weighted by Crippen LogP contribution is 2.33. The standard InChI is InChI=1S/C17H27NO/c1-16(2,3)14-7-9-15(10-8-14)19-17(13-18)11-5-4-6-12-17/h7-10H,4-6,11-13,18H2,1-3H3. The Hall–Kier alpha value is -1.02. The number of nitrogens with two attached hydrogens (primary N) is 1. The van der Waals surface area contributed by atoms with Crippen molar-refractivity contribution in [1.82, 2.24) is 0 Å². The molecule has 0 saturated heterocycles. The van der Waals surface area contributed by atoms with E-state index in [9.17, 15) is 0 Å². The minimum absolute atomic E-state index is 0.124. The molecule has 106 valence electrons. The van der Waals surface area contributed by atoms with Gasteiger partial charge in [0.2, 0.25) is 0 Å². The fraction of sp³-hybridized carbons (Fsp3) is 0.647. The second-order valence-corrected chi connectivity index (χ2v) is 6.82. The lowest BCUT2D eigenvalue weighted by atomic mass is 9.84. The van der Waals surface area contributed by atoms with E-state index in [1.165, 1.54) is 24.8 Å². The van der Waals surface area contributed by atoms with Gasteiger partial charge in [-0.25, -0.2) is 0 Å². The maximum absolute atomic E-state index is 6.23. The van der Waals surface area contributed by atoms with Crippen molar-refractivity contribution in [2.45, 2.75) is 63.9 Å². The predicted octanol–water partition coefficient (Wildman–Crippen LogP) is 4.02. The van der Waals surface area contributed by atoms with E-state index in [-0.39, 0.29) is 11.0 Å². The molecule has 0 spiro atoms. The summed E-state index contributed by atoms with van der Waals surface area (Å²) >= 11 is 0. The van der Waals surface area contributed by atoms with E-state index in [1.807, 2.05) is 0 Å². The lowest BCUT2D eigenvalue weighted by Crippen LogP contribution is -2.45. The molecule has 2 nitrogen and oxygen atoms in total. The molecule has 0 unspecified atom stereocenters. The van der Waals surface area contributed by atoms with Crippen LogP contribution in [0.3, 0.4) is 0 Å². The van der Waals surface area contributed by atoms with Crippen LogP contribution in [0, 0.1) is 0 Å². The monoisotopic (exact) mass is 261 g/mol. The Morgan fingerprint density at radius 3 is 2.11 bits per heavy atom. The Balaban J connectivity index is 2.10. The van der Waals surface area contributed by atoms with E-state index in [4.69, 9.17) is 10.5 Å². The molecule has 0 aromatic heterocycles. The fourth-order valence-electron chi connectivity index (χ4n) is 2.82. The van der Waals surface area contributed by atoms with Crippen LogP contribution in [-0.4, -0.2) is 12.1 Å². The highest BCUT2D eigenvalue weighted by molar-refractivity contribution is 5.31. The first-order chi connectivity index (χ1) is 8.95. The summed E-state index contributed by atoms with van der Waals surface area (Å²) in [5.41, 5.74) is 7.36. The van der Waals surface area contributed by atoms with Crippen molar-refractivity contribution < 1.29 is 4.74 Å². The molecule has 0 bridgehead atoms. The molecule has 0 heterocycles. The summed E-state index contributed by atoms with van der Waals surface area (Å²) in [6.07, 6.45) is 5.96. The van der Waals surface area contributed by atoms with Crippen molar-refractivity contribution in [2.24, 2.45) is 5.73 Å². The van der Waals surface area contributed by atoms with E-state index in [0.717, 1.165) is 18.6 Å². The van der Waals surface area contributed by atoms with Gasteiger partial charge in [0.15, 0.2) is 0 Å². The second-order valence-electron chi connectivity index (χ2n) is 6.82. The zero-order valence-electron chi connectivity index (χ0n) is 12.5. The molecule has 0 amide bonds. The summed E-state index contributed by atoms with van der Waals surface area (Å²) in [6, 6.07) is 8.52. The molecule has 1 aromatic carbocycles. The maximum Gasteiger partial charge on any atom is 0.121 e. The van der Waals surface area contributed by atoms with E-state index < -0.39 is 0 Å². The van der Waals surface area contributed by atoms with Gasteiger partial charge >= 0.3 is 0 Å². The lowest BCUT2D eigenvalue weighted by Gasteiger charge is -2.36. The lowest BCUT2D eigenvalue weighted by molar-refractivity contribution is 0.0387. The Bertz CT molecular complexity index is 396. The highest BCUT2D eigenvalue weighted by Gasteiger charge is 2.32. The van der Waals surface area contributed by atoms with Crippen LogP contribution in [0.15, 0.2) is 24.3 Å².